The van der Waals surface area contributed by atoms with Crippen LogP contribution in [0.3, 0.4) is 0 Å². The fourth-order valence-electron chi connectivity index (χ4n) is 3.83. The number of carbonyl (C=O) groups excluding carboxylic acids is 2. The molecule has 152 valence electrons. The van der Waals surface area contributed by atoms with Gasteiger partial charge in [-0.3, -0.25) is 14.9 Å². The average molecular weight is 390 g/mol. The Morgan fingerprint density at radius 1 is 1.18 bits per heavy atom. The van der Waals surface area contributed by atoms with E-state index in [2.05, 4.69) is 0 Å². The molecule has 1 aromatic carbocycles. The molecule has 2 fully saturated rings. The van der Waals surface area contributed by atoms with Crippen molar-refractivity contribution in [2.45, 2.75) is 44.8 Å². The summed E-state index contributed by atoms with van der Waals surface area (Å²) in [7, 11) is 1.75. The summed E-state index contributed by atoms with van der Waals surface area (Å²) in [6.45, 7) is 6.70. The second kappa shape index (κ2) is 6.96. The molecule has 3 rings (SSSR count). The van der Waals surface area contributed by atoms with Crippen molar-refractivity contribution in [2.75, 3.05) is 31.7 Å². The molecule has 0 aliphatic carbocycles. The van der Waals surface area contributed by atoms with Gasteiger partial charge in [0.05, 0.1) is 11.6 Å². The van der Waals surface area contributed by atoms with Crippen LogP contribution in [0.15, 0.2) is 24.3 Å². The topological polar surface area (TPSA) is 96.2 Å². The Morgan fingerprint density at radius 2 is 1.75 bits per heavy atom. The van der Waals surface area contributed by atoms with E-state index in [-0.39, 0.29) is 17.7 Å². The zero-order chi connectivity index (χ0) is 20.7. The van der Waals surface area contributed by atoms with E-state index in [1.165, 1.54) is 12.1 Å². The van der Waals surface area contributed by atoms with Gasteiger partial charge >= 0.3 is 6.09 Å². The smallest absolute Gasteiger partial charge is 0.410 e. The molecule has 28 heavy (non-hydrogen) atoms. The second-order valence-corrected chi connectivity index (χ2v) is 8.35. The lowest BCUT2D eigenvalue weighted by Gasteiger charge is -2.43. The number of benzene rings is 1. The number of anilines is 1. The van der Waals surface area contributed by atoms with Crippen molar-refractivity contribution in [3.8, 4) is 0 Å². The molecular weight excluding hydrogens is 364 g/mol. The fraction of sp³-hybridized carbons (Fsp3) is 0.579. The van der Waals surface area contributed by atoms with Crippen molar-refractivity contribution < 1.29 is 19.2 Å². The van der Waals surface area contributed by atoms with Crippen molar-refractivity contribution in [1.29, 1.82) is 0 Å². The number of amides is 2. The van der Waals surface area contributed by atoms with Crippen LogP contribution in [-0.2, 0) is 9.53 Å². The van der Waals surface area contributed by atoms with E-state index in [4.69, 9.17) is 4.74 Å². The highest BCUT2D eigenvalue weighted by atomic mass is 16.6. The molecule has 0 atom stereocenters. The first kappa shape index (κ1) is 19.9. The monoisotopic (exact) mass is 390 g/mol. The van der Waals surface area contributed by atoms with Crippen molar-refractivity contribution in [2.24, 2.45) is 0 Å². The Bertz CT molecular complexity index is 779. The lowest BCUT2D eigenvalue weighted by atomic mass is 9.85. The predicted molar refractivity (Wildman–Crippen MR) is 103 cm³/mol. The molecule has 0 aromatic heterocycles. The Kier molecular flexibility index (Phi) is 4.95. The zero-order valence-electron chi connectivity index (χ0n) is 16.7. The van der Waals surface area contributed by atoms with Gasteiger partial charge in [0, 0.05) is 38.0 Å². The van der Waals surface area contributed by atoms with E-state index in [0.717, 1.165) is 5.69 Å². The van der Waals surface area contributed by atoms with Crippen LogP contribution in [0.25, 0.3) is 0 Å². The quantitative estimate of drug-likeness (QED) is 0.569. The number of piperidine rings is 1. The number of nitro benzene ring substituents is 1. The molecule has 2 aliphatic rings. The van der Waals surface area contributed by atoms with Gasteiger partial charge in [0.25, 0.3) is 5.69 Å². The third-order valence-corrected chi connectivity index (χ3v) is 5.23. The molecular formula is C19H26N4O5. The number of likely N-dealkylation sites (N-methyl/N-ethyl adjacent to an activating group) is 1. The van der Waals surface area contributed by atoms with Gasteiger partial charge in [0.2, 0.25) is 5.91 Å². The highest BCUT2D eigenvalue weighted by Gasteiger charge is 2.53. The summed E-state index contributed by atoms with van der Waals surface area (Å²) in [6.07, 6.45) is 0.585. The molecule has 2 heterocycles. The molecule has 0 radical (unpaired) electrons. The van der Waals surface area contributed by atoms with E-state index in [1.54, 1.807) is 29.0 Å². The highest BCUT2D eigenvalue weighted by Crippen LogP contribution is 2.39. The lowest BCUT2D eigenvalue weighted by Crippen LogP contribution is -2.57. The standard InChI is InChI=1S/C19H26N4O5/c1-18(2,3)28-17(25)21-11-9-19(10-12-21)16(24)20(4)13-22(19)14-5-7-15(8-6-14)23(26)27/h5-8H,9-13H2,1-4H3. The largest absolute Gasteiger partial charge is 0.444 e. The van der Waals surface area contributed by atoms with Crippen LogP contribution in [0.5, 0.6) is 0 Å². The first-order valence-corrected chi connectivity index (χ1v) is 9.29. The van der Waals surface area contributed by atoms with E-state index in [9.17, 15) is 19.7 Å². The minimum atomic E-state index is -0.747. The van der Waals surface area contributed by atoms with E-state index in [1.807, 2.05) is 25.7 Å². The first-order chi connectivity index (χ1) is 13.0. The van der Waals surface area contributed by atoms with Gasteiger partial charge in [-0.25, -0.2) is 4.79 Å². The van der Waals surface area contributed by atoms with E-state index >= 15 is 0 Å². The highest BCUT2D eigenvalue weighted by molar-refractivity contribution is 5.93. The van der Waals surface area contributed by atoms with Gasteiger partial charge in [0.15, 0.2) is 0 Å². The predicted octanol–water partition coefficient (Wildman–Crippen LogP) is 2.60. The SMILES string of the molecule is CN1CN(c2ccc([N+](=O)[O-])cc2)C2(CCN(C(=O)OC(C)(C)C)CC2)C1=O. The zero-order valence-corrected chi connectivity index (χ0v) is 16.7. The van der Waals surface area contributed by atoms with Crippen LogP contribution in [0.2, 0.25) is 0 Å². The van der Waals surface area contributed by atoms with Gasteiger partial charge < -0.3 is 19.4 Å². The van der Waals surface area contributed by atoms with Crippen LogP contribution >= 0.6 is 0 Å². The van der Waals surface area contributed by atoms with Crippen molar-refractivity contribution in [3.05, 3.63) is 34.4 Å². The van der Waals surface area contributed by atoms with Crippen LogP contribution in [-0.4, -0.2) is 64.7 Å². The van der Waals surface area contributed by atoms with Gasteiger partial charge in [-0.05, 0) is 45.7 Å². The Balaban J connectivity index is 1.80. The number of likely N-dealkylation sites (tertiary alicyclic amines) is 1. The van der Waals surface area contributed by atoms with Gasteiger partial charge in [-0.2, -0.15) is 0 Å². The van der Waals surface area contributed by atoms with Crippen LogP contribution in [0, 0.1) is 10.1 Å². The molecule has 1 aromatic rings. The second-order valence-electron chi connectivity index (χ2n) is 8.35. The molecule has 2 amide bonds. The Hall–Kier alpha value is -2.84. The van der Waals surface area contributed by atoms with Crippen molar-refractivity contribution >= 4 is 23.4 Å². The molecule has 0 bridgehead atoms. The van der Waals surface area contributed by atoms with Crippen molar-refractivity contribution in [3.63, 3.8) is 0 Å². The molecule has 1 spiro atoms. The maximum atomic E-state index is 13.0. The molecule has 9 nitrogen and oxygen atoms in total. The van der Waals surface area contributed by atoms with E-state index in [0.29, 0.717) is 32.6 Å². The van der Waals surface area contributed by atoms with Gasteiger partial charge in [0.1, 0.15) is 11.1 Å². The van der Waals surface area contributed by atoms with Gasteiger partial charge in [-0.15, -0.1) is 0 Å². The normalized spacial score (nSPS) is 19.3. The number of nitrogens with zero attached hydrogens (tertiary/aromatic N) is 4. The average Bonchev–Trinajstić information content (AvgIpc) is 2.86. The Morgan fingerprint density at radius 3 is 2.25 bits per heavy atom. The number of rotatable bonds is 2. The summed E-state index contributed by atoms with van der Waals surface area (Å²) in [4.78, 5) is 41.1. The van der Waals surface area contributed by atoms with Crippen molar-refractivity contribution in [1.82, 2.24) is 9.80 Å². The van der Waals surface area contributed by atoms with Gasteiger partial charge in [-0.1, -0.05) is 0 Å². The molecule has 0 unspecified atom stereocenters. The first-order valence-electron chi connectivity index (χ1n) is 9.29. The summed E-state index contributed by atoms with van der Waals surface area (Å²) in [6, 6.07) is 6.24. The summed E-state index contributed by atoms with van der Waals surface area (Å²) >= 11 is 0. The third kappa shape index (κ3) is 3.61. The summed E-state index contributed by atoms with van der Waals surface area (Å²) < 4.78 is 5.44. The minimum absolute atomic E-state index is 0.00897. The molecule has 9 heteroatoms. The fourth-order valence-corrected chi connectivity index (χ4v) is 3.83. The molecule has 0 saturated carbocycles. The number of non-ortho nitro benzene ring substituents is 1. The third-order valence-electron chi connectivity index (χ3n) is 5.23. The summed E-state index contributed by atoms with van der Waals surface area (Å²) in [5.74, 6) is 0.00897. The summed E-state index contributed by atoms with van der Waals surface area (Å²) in [5.41, 5.74) is -0.547. The number of hydrogen-bond acceptors (Lipinski definition) is 6. The maximum absolute atomic E-state index is 13.0. The lowest BCUT2D eigenvalue weighted by molar-refractivity contribution is -0.384. The molecule has 2 saturated heterocycles. The van der Waals surface area contributed by atoms with Crippen LogP contribution in [0.4, 0.5) is 16.2 Å². The number of hydrogen-bond donors (Lipinski definition) is 0. The van der Waals surface area contributed by atoms with Crippen LogP contribution < -0.4 is 4.90 Å². The maximum Gasteiger partial charge on any atom is 0.410 e. The summed E-state index contributed by atoms with van der Waals surface area (Å²) in [5, 5.41) is 10.9. The number of carbonyl (C=O) groups is 2. The minimum Gasteiger partial charge on any atom is -0.444 e. The Labute approximate surface area is 164 Å². The van der Waals surface area contributed by atoms with Crippen LogP contribution in [0.1, 0.15) is 33.6 Å². The number of ether oxygens (including phenoxy) is 1. The molecule has 0 N–H and O–H groups in total. The number of nitro groups is 1. The van der Waals surface area contributed by atoms with E-state index < -0.39 is 16.1 Å². The molecule has 2 aliphatic heterocycles.